The third kappa shape index (κ3) is 4.02. The van der Waals surface area contributed by atoms with Crippen LogP contribution in [0.15, 0.2) is 48.5 Å². The smallest absolute Gasteiger partial charge is 0.387 e. The molecular formula is C17H19F2NO. The van der Waals surface area contributed by atoms with Crippen LogP contribution in [-0.4, -0.2) is 6.61 Å². The third-order valence-electron chi connectivity index (χ3n) is 3.40. The second kappa shape index (κ2) is 6.68. The molecule has 0 amide bonds. The van der Waals surface area contributed by atoms with Crippen LogP contribution in [0.4, 0.5) is 8.78 Å². The normalized spacial score (nSPS) is 12.7. The number of alkyl halides is 2. The predicted molar refractivity (Wildman–Crippen MR) is 79.6 cm³/mol. The molecule has 1 unspecified atom stereocenters. The first kappa shape index (κ1) is 15.4. The number of hydrogen-bond donors (Lipinski definition) is 1. The van der Waals surface area contributed by atoms with E-state index in [0.29, 0.717) is 5.92 Å². The fourth-order valence-electron chi connectivity index (χ4n) is 2.16. The van der Waals surface area contributed by atoms with Gasteiger partial charge in [-0.05, 0) is 34.7 Å². The number of rotatable bonds is 5. The van der Waals surface area contributed by atoms with Gasteiger partial charge in [-0.25, -0.2) is 0 Å². The Balaban J connectivity index is 2.20. The van der Waals surface area contributed by atoms with E-state index < -0.39 is 6.61 Å². The highest BCUT2D eigenvalue weighted by Gasteiger charge is 2.12. The summed E-state index contributed by atoms with van der Waals surface area (Å²) in [4.78, 5) is 0. The van der Waals surface area contributed by atoms with Gasteiger partial charge in [0.05, 0.1) is 6.04 Å². The van der Waals surface area contributed by atoms with Crippen molar-refractivity contribution in [1.29, 1.82) is 0 Å². The maximum atomic E-state index is 12.2. The summed E-state index contributed by atoms with van der Waals surface area (Å²) in [6.07, 6.45) is 0. The molecule has 2 nitrogen and oxygen atoms in total. The van der Waals surface area contributed by atoms with Crippen LogP contribution in [0.5, 0.6) is 5.75 Å². The Hall–Kier alpha value is -1.94. The quantitative estimate of drug-likeness (QED) is 0.882. The fraction of sp³-hybridized carbons (Fsp3) is 0.294. The molecule has 2 aromatic rings. The highest BCUT2D eigenvalue weighted by atomic mass is 19.3. The van der Waals surface area contributed by atoms with Gasteiger partial charge in [-0.1, -0.05) is 50.2 Å². The highest BCUT2D eigenvalue weighted by Crippen LogP contribution is 2.25. The first-order chi connectivity index (χ1) is 9.97. The van der Waals surface area contributed by atoms with Crippen molar-refractivity contribution in [2.45, 2.75) is 32.4 Å². The van der Waals surface area contributed by atoms with Gasteiger partial charge in [-0.15, -0.1) is 0 Å². The number of ether oxygens (including phenoxy) is 1. The van der Waals surface area contributed by atoms with E-state index in [1.54, 1.807) is 18.2 Å². The minimum absolute atomic E-state index is 0.122. The molecule has 0 aromatic heterocycles. The van der Waals surface area contributed by atoms with E-state index in [0.717, 1.165) is 11.1 Å². The molecule has 2 rings (SSSR count). The van der Waals surface area contributed by atoms with Crippen molar-refractivity contribution in [3.8, 4) is 5.75 Å². The van der Waals surface area contributed by atoms with E-state index in [1.165, 1.54) is 11.6 Å². The second-order valence-electron chi connectivity index (χ2n) is 5.25. The Morgan fingerprint density at radius 3 is 2.10 bits per heavy atom. The van der Waals surface area contributed by atoms with E-state index >= 15 is 0 Å². The molecule has 2 N–H and O–H groups in total. The van der Waals surface area contributed by atoms with Crippen LogP contribution in [-0.2, 0) is 0 Å². The van der Waals surface area contributed by atoms with E-state index in [1.807, 2.05) is 24.3 Å². The van der Waals surface area contributed by atoms with Crippen LogP contribution >= 0.6 is 0 Å². The van der Waals surface area contributed by atoms with Gasteiger partial charge in [0.1, 0.15) is 5.75 Å². The lowest BCUT2D eigenvalue weighted by Crippen LogP contribution is -2.12. The average Bonchev–Trinajstić information content (AvgIpc) is 2.46. The summed E-state index contributed by atoms with van der Waals surface area (Å²) in [5.74, 6) is 0.579. The molecule has 4 heteroatoms. The Bertz CT molecular complexity index is 582. The third-order valence-corrected chi connectivity index (χ3v) is 3.40. The van der Waals surface area contributed by atoms with Gasteiger partial charge in [0.2, 0.25) is 0 Å². The minimum atomic E-state index is -2.83. The molecule has 0 aliphatic carbocycles. The second-order valence-corrected chi connectivity index (χ2v) is 5.25. The summed E-state index contributed by atoms with van der Waals surface area (Å²) < 4.78 is 28.9. The standard InChI is InChI=1S/C17H19F2NO/c1-11(2)12-6-8-13(9-7-12)16(20)14-4-3-5-15(10-14)21-17(18)19/h3-11,16-17H,20H2,1-2H3. The lowest BCUT2D eigenvalue weighted by Gasteiger charge is -2.15. The van der Waals surface area contributed by atoms with E-state index in [4.69, 9.17) is 5.73 Å². The van der Waals surface area contributed by atoms with Crippen LogP contribution in [0.25, 0.3) is 0 Å². The molecule has 0 spiro atoms. The Kier molecular flexibility index (Phi) is 4.91. The van der Waals surface area contributed by atoms with Crippen molar-refractivity contribution in [3.05, 3.63) is 65.2 Å². The van der Waals surface area contributed by atoms with Crippen molar-refractivity contribution in [3.63, 3.8) is 0 Å². The number of benzene rings is 2. The molecule has 1 atom stereocenters. The zero-order valence-electron chi connectivity index (χ0n) is 12.1. The first-order valence-electron chi connectivity index (χ1n) is 6.87. The van der Waals surface area contributed by atoms with Crippen molar-refractivity contribution < 1.29 is 13.5 Å². The number of nitrogens with two attached hydrogens (primary N) is 1. The molecule has 112 valence electrons. The van der Waals surface area contributed by atoms with Crippen LogP contribution < -0.4 is 10.5 Å². The summed E-state index contributed by atoms with van der Waals surface area (Å²) in [7, 11) is 0. The SMILES string of the molecule is CC(C)c1ccc(C(N)c2cccc(OC(F)F)c2)cc1. The first-order valence-corrected chi connectivity index (χ1v) is 6.87. The van der Waals surface area contributed by atoms with E-state index in [2.05, 4.69) is 18.6 Å². The van der Waals surface area contributed by atoms with Crippen molar-refractivity contribution in [1.82, 2.24) is 0 Å². The van der Waals surface area contributed by atoms with E-state index in [9.17, 15) is 8.78 Å². The largest absolute Gasteiger partial charge is 0.435 e. The summed E-state index contributed by atoms with van der Waals surface area (Å²) in [5, 5.41) is 0. The molecular weight excluding hydrogens is 272 g/mol. The molecule has 21 heavy (non-hydrogen) atoms. The van der Waals surface area contributed by atoms with Crippen molar-refractivity contribution in [2.24, 2.45) is 5.73 Å². The van der Waals surface area contributed by atoms with Gasteiger partial charge in [-0.2, -0.15) is 8.78 Å². The zero-order chi connectivity index (χ0) is 15.4. The molecule has 2 aromatic carbocycles. The predicted octanol–water partition coefficient (Wildman–Crippen LogP) is 4.46. The molecule has 0 saturated carbocycles. The Morgan fingerprint density at radius 1 is 0.905 bits per heavy atom. The monoisotopic (exact) mass is 291 g/mol. The lowest BCUT2D eigenvalue weighted by molar-refractivity contribution is -0.0498. The van der Waals surface area contributed by atoms with Gasteiger partial charge in [-0.3, -0.25) is 0 Å². The van der Waals surface area contributed by atoms with Crippen molar-refractivity contribution in [2.75, 3.05) is 0 Å². The summed E-state index contributed by atoms with van der Waals surface area (Å²) in [5.41, 5.74) is 9.12. The average molecular weight is 291 g/mol. The van der Waals surface area contributed by atoms with Gasteiger partial charge in [0, 0.05) is 0 Å². The number of halogens is 2. The van der Waals surface area contributed by atoms with Crippen LogP contribution in [0.2, 0.25) is 0 Å². The van der Waals surface area contributed by atoms with Crippen LogP contribution in [0.1, 0.15) is 42.5 Å². The van der Waals surface area contributed by atoms with Crippen LogP contribution in [0.3, 0.4) is 0 Å². The van der Waals surface area contributed by atoms with Gasteiger partial charge in [0.25, 0.3) is 0 Å². The van der Waals surface area contributed by atoms with Crippen molar-refractivity contribution >= 4 is 0 Å². The molecule has 0 heterocycles. The van der Waals surface area contributed by atoms with Gasteiger partial charge < -0.3 is 10.5 Å². The number of hydrogen-bond acceptors (Lipinski definition) is 2. The summed E-state index contributed by atoms with van der Waals surface area (Å²) >= 11 is 0. The topological polar surface area (TPSA) is 35.2 Å². The molecule has 0 aliphatic heterocycles. The zero-order valence-corrected chi connectivity index (χ0v) is 12.1. The Morgan fingerprint density at radius 2 is 1.52 bits per heavy atom. The molecule has 0 radical (unpaired) electrons. The maximum Gasteiger partial charge on any atom is 0.387 e. The van der Waals surface area contributed by atoms with Gasteiger partial charge in [0.15, 0.2) is 0 Å². The molecule has 0 aliphatic rings. The summed E-state index contributed by atoms with van der Waals surface area (Å²) in [6, 6.07) is 14.2. The maximum absolute atomic E-state index is 12.2. The molecule has 0 saturated heterocycles. The summed E-state index contributed by atoms with van der Waals surface area (Å²) in [6.45, 7) is 1.42. The Labute approximate surface area is 123 Å². The highest BCUT2D eigenvalue weighted by molar-refractivity contribution is 5.37. The fourth-order valence-corrected chi connectivity index (χ4v) is 2.16. The molecule has 0 bridgehead atoms. The van der Waals surface area contributed by atoms with Gasteiger partial charge >= 0.3 is 6.61 Å². The minimum Gasteiger partial charge on any atom is -0.435 e. The lowest BCUT2D eigenvalue weighted by atomic mass is 9.96. The van der Waals surface area contributed by atoms with Crippen LogP contribution in [0, 0.1) is 0 Å². The van der Waals surface area contributed by atoms with E-state index in [-0.39, 0.29) is 11.8 Å². The molecule has 0 fully saturated rings.